The van der Waals surface area contributed by atoms with E-state index >= 15 is 0 Å². The van der Waals surface area contributed by atoms with Gasteiger partial charge in [0.05, 0.1) is 6.54 Å². The van der Waals surface area contributed by atoms with Gasteiger partial charge in [-0.15, -0.1) is 0 Å². The van der Waals surface area contributed by atoms with Crippen molar-refractivity contribution in [2.75, 3.05) is 13.1 Å². The van der Waals surface area contributed by atoms with Gasteiger partial charge in [-0.05, 0) is 12.1 Å². The number of hydrogen-bond donors (Lipinski definition) is 1. The first-order valence-corrected chi connectivity index (χ1v) is 5.19. The van der Waals surface area contributed by atoms with Crippen molar-refractivity contribution in [2.45, 2.75) is 12.7 Å². The molecular weight excluding hydrogens is 251 g/mol. The van der Waals surface area contributed by atoms with Crippen molar-refractivity contribution in [3.05, 3.63) is 28.9 Å². The predicted octanol–water partition coefficient (Wildman–Crippen LogP) is 1.14. The van der Waals surface area contributed by atoms with Gasteiger partial charge in [-0.1, -0.05) is 0 Å². The van der Waals surface area contributed by atoms with Crippen molar-refractivity contribution in [1.82, 2.24) is 14.9 Å². The fourth-order valence-corrected chi connectivity index (χ4v) is 1.52. The molecule has 0 saturated carbocycles. The molecule has 2 rings (SSSR count). The summed E-state index contributed by atoms with van der Waals surface area (Å²) < 4.78 is 41.8. The van der Waals surface area contributed by atoms with Crippen LogP contribution in [-0.4, -0.2) is 28.8 Å². The van der Waals surface area contributed by atoms with E-state index in [1.807, 2.05) is 0 Å². The third kappa shape index (κ3) is 2.89. The van der Waals surface area contributed by atoms with Crippen LogP contribution in [0.3, 0.4) is 0 Å². The Hall–Kier alpha value is -1.83. The molecule has 8 heteroatoms. The van der Waals surface area contributed by atoms with Crippen LogP contribution in [0.4, 0.5) is 13.2 Å². The molecule has 0 aliphatic carbocycles. The molecule has 2 aromatic heterocycles. The molecule has 5 nitrogen and oxygen atoms in total. The van der Waals surface area contributed by atoms with Gasteiger partial charge in [-0.2, -0.15) is 13.2 Å². The van der Waals surface area contributed by atoms with Gasteiger partial charge in [0.25, 0.3) is 0 Å². The third-order valence-corrected chi connectivity index (χ3v) is 2.26. The highest BCUT2D eigenvalue weighted by Gasteiger charge is 2.26. The largest absolute Gasteiger partial charge is 0.421 e. The smallest absolute Gasteiger partial charge is 0.406 e. The molecule has 18 heavy (non-hydrogen) atoms. The minimum atomic E-state index is -4.26. The average Bonchev–Trinajstić information content (AvgIpc) is 2.59. The van der Waals surface area contributed by atoms with Gasteiger partial charge >= 0.3 is 11.9 Å². The molecule has 0 radical (unpaired) electrons. The van der Waals surface area contributed by atoms with Gasteiger partial charge in [0.2, 0.25) is 0 Å². The van der Waals surface area contributed by atoms with Crippen molar-refractivity contribution >= 4 is 11.2 Å². The number of fused-ring (bicyclic) bond motifs is 1. The van der Waals surface area contributed by atoms with Gasteiger partial charge < -0.3 is 9.73 Å². The molecule has 0 unspecified atom stereocenters. The van der Waals surface area contributed by atoms with E-state index in [1.54, 1.807) is 12.1 Å². The first-order valence-electron chi connectivity index (χ1n) is 5.19. The summed E-state index contributed by atoms with van der Waals surface area (Å²) in [4.78, 5) is 15.4. The summed E-state index contributed by atoms with van der Waals surface area (Å²) in [5, 5.41) is 2.20. The summed E-state index contributed by atoms with van der Waals surface area (Å²) in [6.45, 7) is -1.02. The number of aromatic nitrogens is 2. The molecule has 2 aromatic rings. The minimum absolute atomic E-state index is 0.00459. The molecule has 0 atom stereocenters. The Morgan fingerprint density at radius 1 is 1.44 bits per heavy atom. The first-order chi connectivity index (χ1) is 8.47. The van der Waals surface area contributed by atoms with Crippen LogP contribution in [0, 0.1) is 0 Å². The lowest BCUT2D eigenvalue weighted by atomic mass is 10.4. The Morgan fingerprint density at radius 2 is 2.22 bits per heavy atom. The lowest BCUT2D eigenvalue weighted by Gasteiger charge is -2.07. The maximum atomic E-state index is 11.9. The van der Waals surface area contributed by atoms with E-state index < -0.39 is 18.5 Å². The van der Waals surface area contributed by atoms with E-state index in [9.17, 15) is 18.0 Å². The van der Waals surface area contributed by atoms with Crippen molar-refractivity contribution in [2.24, 2.45) is 0 Å². The van der Waals surface area contributed by atoms with Crippen LogP contribution in [0.15, 0.2) is 27.5 Å². The van der Waals surface area contributed by atoms with Crippen LogP contribution in [0.25, 0.3) is 11.2 Å². The summed E-state index contributed by atoms with van der Waals surface area (Å²) in [5.41, 5.74) is 0.648. The summed E-state index contributed by atoms with van der Waals surface area (Å²) in [6.07, 6.45) is -2.78. The molecule has 2 heterocycles. The predicted molar refractivity (Wildman–Crippen MR) is 57.2 cm³/mol. The lowest BCUT2D eigenvalue weighted by molar-refractivity contribution is -0.124. The molecule has 0 bridgehead atoms. The standard InChI is InChI=1S/C10H10F3N3O2/c11-10(12,13)6-14-4-5-16-8-7(18-9(16)17)2-1-3-15-8/h1-3,14H,4-6H2. The van der Waals surface area contributed by atoms with Gasteiger partial charge in [0.1, 0.15) is 0 Å². The summed E-state index contributed by atoms with van der Waals surface area (Å²) >= 11 is 0. The monoisotopic (exact) mass is 261 g/mol. The number of nitrogens with zero attached hydrogens (tertiary/aromatic N) is 2. The quantitative estimate of drug-likeness (QED) is 0.838. The maximum Gasteiger partial charge on any atom is 0.421 e. The second-order valence-electron chi connectivity index (χ2n) is 3.64. The summed E-state index contributed by atoms with van der Waals surface area (Å²) in [7, 11) is 0. The fraction of sp³-hybridized carbons (Fsp3) is 0.400. The third-order valence-electron chi connectivity index (χ3n) is 2.26. The van der Waals surface area contributed by atoms with E-state index in [0.29, 0.717) is 11.2 Å². The van der Waals surface area contributed by atoms with E-state index in [1.165, 1.54) is 10.8 Å². The minimum Gasteiger partial charge on any atom is -0.406 e. The Labute approximate surface area is 99.2 Å². The normalized spacial score (nSPS) is 12.2. The summed E-state index contributed by atoms with van der Waals surface area (Å²) in [5.74, 6) is -0.627. The molecule has 0 spiro atoms. The van der Waals surface area contributed by atoms with Crippen LogP contribution in [0.1, 0.15) is 0 Å². The Morgan fingerprint density at radius 3 is 2.94 bits per heavy atom. The van der Waals surface area contributed by atoms with Gasteiger partial charge in [-0.3, -0.25) is 4.57 Å². The SMILES string of the molecule is O=c1oc2cccnc2n1CCNCC(F)(F)F. The van der Waals surface area contributed by atoms with Crippen molar-refractivity contribution in [3.63, 3.8) is 0 Å². The van der Waals surface area contributed by atoms with E-state index in [2.05, 4.69) is 10.3 Å². The maximum absolute atomic E-state index is 11.9. The number of rotatable bonds is 4. The number of halogens is 3. The number of pyridine rings is 1. The first kappa shape index (κ1) is 12.6. The Balaban J connectivity index is 2.04. The Bertz CT molecular complexity index is 588. The molecule has 0 aromatic carbocycles. The number of nitrogens with one attached hydrogen (secondary N) is 1. The van der Waals surface area contributed by atoms with Crippen LogP contribution in [-0.2, 0) is 6.54 Å². The molecule has 0 aliphatic rings. The van der Waals surface area contributed by atoms with Gasteiger partial charge in [0, 0.05) is 19.3 Å². The number of alkyl halides is 3. The van der Waals surface area contributed by atoms with Crippen LogP contribution >= 0.6 is 0 Å². The molecular formula is C10H10F3N3O2. The summed E-state index contributed by atoms with van der Waals surface area (Å²) in [6, 6.07) is 3.18. The zero-order chi connectivity index (χ0) is 13.2. The van der Waals surface area contributed by atoms with Crippen molar-refractivity contribution in [1.29, 1.82) is 0 Å². The van der Waals surface area contributed by atoms with Crippen LogP contribution in [0.2, 0.25) is 0 Å². The topological polar surface area (TPSA) is 60.1 Å². The van der Waals surface area contributed by atoms with E-state index in [0.717, 1.165) is 0 Å². The Kier molecular flexibility index (Phi) is 3.37. The number of oxazole rings is 1. The van der Waals surface area contributed by atoms with Crippen LogP contribution < -0.4 is 11.1 Å². The molecule has 0 aliphatic heterocycles. The van der Waals surface area contributed by atoms with Crippen LogP contribution in [0.5, 0.6) is 0 Å². The molecule has 0 amide bonds. The highest BCUT2D eigenvalue weighted by atomic mass is 19.4. The zero-order valence-corrected chi connectivity index (χ0v) is 9.20. The molecule has 0 fully saturated rings. The lowest BCUT2D eigenvalue weighted by Crippen LogP contribution is -2.32. The van der Waals surface area contributed by atoms with Gasteiger partial charge in [0.15, 0.2) is 11.2 Å². The zero-order valence-electron chi connectivity index (χ0n) is 9.20. The fourth-order valence-electron chi connectivity index (χ4n) is 1.52. The average molecular weight is 261 g/mol. The highest BCUT2D eigenvalue weighted by Crippen LogP contribution is 2.12. The molecule has 1 N–H and O–H groups in total. The molecule has 98 valence electrons. The van der Waals surface area contributed by atoms with Crippen molar-refractivity contribution < 1.29 is 17.6 Å². The number of hydrogen-bond acceptors (Lipinski definition) is 4. The van der Waals surface area contributed by atoms with E-state index in [4.69, 9.17) is 4.42 Å². The van der Waals surface area contributed by atoms with Gasteiger partial charge in [-0.25, -0.2) is 9.78 Å². The van der Waals surface area contributed by atoms with Crippen molar-refractivity contribution in [3.8, 4) is 0 Å². The second kappa shape index (κ2) is 4.81. The van der Waals surface area contributed by atoms with E-state index in [-0.39, 0.29) is 13.1 Å². The molecule has 0 saturated heterocycles. The highest BCUT2D eigenvalue weighted by molar-refractivity contribution is 5.67. The second-order valence-corrected chi connectivity index (χ2v) is 3.64.